The van der Waals surface area contributed by atoms with Crippen molar-refractivity contribution >= 4 is 37.8 Å². The Labute approximate surface area is 136 Å². The summed E-state index contributed by atoms with van der Waals surface area (Å²) in [6.07, 6.45) is 0. The van der Waals surface area contributed by atoms with Gasteiger partial charge in [0.05, 0.1) is 4.47 Å². The highest BCUT2D eigenvalue weighted by Gasteiger charge is 2.21. The van der Waals surface area contributed by atoms with Crippen LogP contribution in [0.15, 0.2) is 21.1 Å². The van der Waals surface area contributed by atoms with Gasteiger partial charge in [0.15, 0.2) is 0 Å². The minimum Gasteiger partial charge on any atom is -0.506 e. The van der Waals surface area contributed by atoms with Crippen molar-refractivity contribution in [3.05, 3.63) is 26.6 Å². The Bertz CT molecular complexity index is 498. The number of nitrogens with one attached hydrogen (secondary N) is 1. The van der Waals surface area contributed by atoms with E-state index in [0.29, 0.717) is 16.6 Å². The number of aromatic hydroxyl groups is 1. The molecule has 0 heterocycles. The van der Waals surface area contributed by atoms with Crippen LogP contribution >= 0.6 is 31.9 Å². The van der Waals surface area contributed by atoms with E-state index < -0.39 is 11.6 Å². The summed E-state index contributed by atoms with van der Waals surface area (Å²) in [5.74, 6) is -0.150. The third kappa shape index (κ3) is 5.42. The fourth-order valence-electron chi connectivity index (χ4n) is 1.49. The molecular formula is C14H19Br2NO3. The SMILES string of the molecule is C[C@H](NCc1cc(Br)cc(Br)c1O)C(=O)OC(C)(C)C. The molecule has 2 N–H and O–H groups in total. The van der Waals surface area contributed by atoms with Gasteiger partial charge in [0.2, 0.25) is 0 Å². The van der Waals surface area contributed by atoms with Gasteiger partial charge in [-0.15, -0.1) is 0 Å². The standard InChI is InChI=1S/C14H19Br2NO3/c1-8(13(19)20-14(2,3)4)17-7-9-5-10(15)6-11(16)12(9)18/h5-6,8,17-18H,7H2,1-4H3/t8-/m0/s1. The van der Waals surface area contributed by atoms with Crippen molar-refractivity contribution in [2.45, 2.75) is 45.9 Å². The smallest absolute Gasteiger partial charge is 0.323 e. The van der Waals surface area contributed by atoms with Crippen LogP contribution < -0.4 is 5.32 Å². The summed E-state index contributed by atoms with van der Waals surface area (Å²) in [6, 6.07) is 3.11. The number of rotatable bonds is 4. The lowest BCUT2D eigenvalue weighted by Crippen LogP contribution is -2.38. The Morgan fingerprint density at radius 3 is 2.55 bits per heavy atom. The maximum absolute atomic E-state index is 11.8. The topological polar surface area (TPSA) is 58.6 Å². The third-order valence-electron chi connectivity index (χ3n) is 2.47. The van der Waals surface area contributed by atoms with Crippen LogP contribution in [-0.4, -0.2) is 22.7 Å². The zero-order chi connectivity index (χ0) is 15.5. The molecule has 0 aromatic heterocycles. The van der Waals surface area contributed by atoms with Crippen LogP contribution in [0.5, 0.6) is 5.75 Å². The Morgan fingerprint density at radius 2 is 2.00 bits per heavy atom. The van der Waals surface area contributed by atoms with Crippen molar-refractivity contribution in [1.29, 1.82) is 0 Å². The first-order chi connectivity index (χ1) is 9.10. The van der Waals surface area contributed by atoms with E-state index in [0.717, 1.165) is 4.47 Å². The third-order valence-corrected chi connectivity index (χ3v) is 3.53. The lowest BCUT2D eigenvalue weighted by molar-refractivity contribution is -0.157. The normalized spacial score (nSPS) is 13.1. The molecule has 0 saturated heterocycles. The fraction of sp³-hybridized carbons (Fsp3) is 0.500. The molecular weight excluding hydrogens is 390 g/mol. The first-order valence-corrected chi connectivity index (χ1v) is 7.82. The lowest BCUT2D eigenvalue weighted by atomic mass is 10.1. The first-order valence-electron chi connectivity index (χ1n) is 6.23. The summed E-state index contributed by atoms with van der Waals surface area (Å²) in [4.78, 5) is 11.8. The number of benzene rings is 1. The van der Waals surface area contributed by atoms with Gasteiger partial charge in [0, 0.05) is 16.6 Å². The van der Waals surface area contributed by atoms with Crippen molar-refractivity contribution in [3.8, 4) is 5.75 Å². The predicted octanol–water partition coefficient (Wildman–Crippen LogP) is 3.74. The molecule has 1 aromatic carbocycles. The average Bonchev–Trinajstić information content (AvgIpc) is 2.29. The lowest BCUT2D eigenvalue weighted by Gasteiger charge is -2.23. The van der Waals surface area contributed by atoms with Crippen molar-refractivity contribution in [3.63, 3.8) is 0 Å². The largest absolute Gasteiger partial charge is 0.506 e. The molecule has 4 nitrogen and oxygen atoms in total. The quantitative estimate of drug-likeness (QED) is 0.745. The monoisotopic (exact) mass is 407 g/mol. The van der Waals surface area contributed by atoms with Gasteiger partial charge in [-0.2, -0.15) is 0 Å². The van der Waals surface area contributed by atoms with Crippen LogP contribution in [0.2, 0.25) is 0 Å². The highest BCUT2D eigenvalue weighted by Crippen LogP contribution is 2.31. The van der Waals surface area contributed by atoms with E-state index in [1.54, 1.807) is 19.1 Å². The van der Waals surface area contributed by atoms with Crippen LogP contribution in [0.3, 0.4) is 0 Å². The second kappa shape index (κ2) is 6.91. The van der Waals surface area contributed by atoms with E-state index in [9.17, 15) is 9.90 Å². The maximum Gasteiger partial charge on any atom is 0.323 e. The summed E-state index contributed by atoms with van der Waals surface area (Å²) in [6.45, 7) is 7.58. The summed E-state index contributed by atoms with van der Waals surface area (Å²) in [7, 11) is 0. The number of hydrogen-bond acceptors (Lipinski definition) is 4. The number of halogens is 2. The Morgan fingerprint density at radius 1 is 1.40 bits per heavy atom. The summed E-state index contributed by atoms with van der Waals surface area (Å²) >= 11 is 6.64. The van der Waals surface area contributed by atoms with Gasteiger partial charge in [0.25, 0.3) is 0 Å². The molecule has 1 rings (SSSR count). The van der Waals surface area contributed by atoms with Crippen LogP contribution in [0.25, 0.3) is 0 Å². The van der Waals surface area contributed by atoms with Crippen molar-refractivity contribution in [2.24, 2.45) is 0 Å². The number of phenols is 1. The van der Waals surface area contributed by atoms with E-state index in [1.807, 2.05) is 20.8 Å². The molecule has 1 atom stereocenters. The molecule has 0 aliphatic carbocycles. The zero-order valence-electron chi connectivity index (χ0n) is 12.0. The highest BCUT2D eigenvalue weighted by atomic mass is 79.9. The fourth-order valence-corrected chi connectivity index (χ4v) is 2.80. The van der Waals surface area contributed by atoms with Crippen LogP contribution in [0.1, 0.15) is 33.3 Å². The first kappa shape index (κ1) is 17.5. The zero-order valence-corrected chi connectivity index (χ0v) is 15.1. The van der Waals surface area contributed by atoms with Gasteiger partial charge in [-0.3, -0.25) is 4.79 Å². The average molecular weight is 409 g/mol. The van der Waals surface area contributed by atoms with Gasteiger partial charge in [0.1, 0.15) is 17.4 Å². The van der Waals surface area contributed by atoms with E-state index in [-0.39, 0.29) is 11.7 Å². The van der Waals surface area contributed by atoms with Gasteiger partial charge in [-0.05, 0) is 55.8 Å². The molecule has 0 saturated carbocycles. The molecule has 0 spiro atoms. The van der Waals surface area contributed by atoms with Crippen molar-refractivity contribution in [1.82, 2.24) is 5.32 Å². The molecule has 112 valence electrons. The molecule has 0 bridgehead atoms. The maximum atomic E-state index is 11.8. The summed E-state index contributed by atoms with van der Waals surface area (Å²) in [5, 5.41) is 13.0. The van der Waals surface area contributed by atoms with Gasteiger partial charge >= 0.3 is 5.97 Å². The summed E-state index contributed by atoms with van der Waals surface area (Å²) in [5.41, 5.74) is 0.190. The molecule has 0 amide bonds. The predicted molar refractivity (Wildman–Crippen MR) is 85.7 cm³/mol. The Hall–Kier alpha value is -0.590. The second-order valence-electron chi connectivity index (χ2n) is 5.53. The Kier molecular flexibility index (Phi) is 6.04. The summed E-state index contributed by atoms with van der Waals surface area (Å²) < 4.78 is 6.74. The molecule has 20 heavy (non-hydrogen) atoms. The number of carbonyl (C=O) groups is 1. The van der Waals surface area contributed by atoms with Crippen LogP contribution in [-0.2, 0) is 16.1 Å². The molecule has 0 unspecified atom stereocenters. The Balaban J connectivity index is 2.66. The molecule has 0 fully saturated rings. The number of ether oxygens (including phenoxy) is 1. The molecule has 0 aliphatic heterocycles. The number of hydrogen-bond donors (Lipinski definition) is 2. The van der Waals surface area contributed by atoms with E-state index in [4.69, 9.17) is 4.74 Å². The van der Waals surface area contributed by atoms with E-state index in [1.165, 1.54) is 0 Å². The van der Waals surface area contributed by atoms with Crippen molar-refractivity contribution < 1.29 is 14.6 Å². The van der Waals surface area contributed by atoms with Crippen LogP contribution in [0, 0.1) is 0 Å². The minimum absolute atomic E-state index is 0.164. The number of phenolic OH excluding ortho intramolecular Hbond substituents is 1. The molecule has 1 aromatic rings. The van der Waals surface area contributed by atoms with Crippen molar-refractivity contribution in [2.75, 3.05) is 0 Å². The molecule has 6 heteroatoms. The highest BCUT2D eigenvalue weighted by molar-refractivity contribution is 9.11. The number of carbonyl (C=O) groups excluding carboxylic acids is 1. The number of esters is 1. The molecule has 0 aliphatic rings. The van der Waals surface area contributed by atoms with Gasteiger partial charge < -0.3 is 15.2 Å². The minimum atomic E-state index is -0.506. The van der Waals surface area contributed by atoms with E-state index in [2.05, 4.69) is 37.2 Å². The van der Waals surface area contributed by atoms with Gasteiger partial charge in [-0.1, -0.05) is 15.9 Å². The van der Waals surface area contributed by atoms with Gasteiger partial charge in [-0.25, -0.2) is 0 Å². The molecule has 0 radical (unpaired) electrons. The van der Waals surface area contributed by atoms with E-state index >= 15 is 0 Å². The van der Waals surface area contributed by atoms with Crippen LogP contribution in [0.4, 0.5) is 0 Å². The second-order valence-corrected chi connectivity index (χ2v) is 7.30.